The zero-order valence-electron chi connectivity index (χ0n) is 9.24. The van der Waals surface area contributed by atoms with Crippen LogP contribution in [0.2, 0.25) is 0 Å². The Labute approximate surface area is 87.5 Å². The minimum Gasteiger partial charge on any atom is -0.376 e. The quantitative estimate of drug-likeness (QED) is 0.687. The van der Waals surface area contributed by atoms with Crippen LogP contribution in [-0.2, 0) is 4.74 Å². The van der Waals surface area contributed by atoms with E-state index in [-0.39, 0.29) is 12.1 Å². The van der Waals surface area contributed by atoms with E-state index in [2.05, 4.69) is 6.58 Å². The summed E-state index contributed by atoms with van der Waals surface area (Å²) in [4.78, 5) is 0. The molecule has 82 valence electrons. The second-order valence-electron chi connectivity index (χ2n) is 4.13. The molecule has 1 aliphatic carbocycles. The molecule has 14 heavy (non-hydrogen) atoms. The smallest absolute Gasteiger partial charge is 0.0789 e. The van der Waals surface area contributed by atoms with Crippen LogP contribution in [0.5, 0.6) is 0 Å². The van der Waals surface area contributed by atoms with Gasteiger partial charge in [0, 0.05) is 12.6 Å². The number of rotatable bonds is 5. The van der Waals surface area contributed by atoms with Crippen molar-refractivity contribution in [1.29, 1.82) is 0 Å². The summed E-state index contributed by atoms with van der Waals surface area (Å²) in [5, 5.41) is 0. The highest BCUT2D eigenvalue weighted by atomic mass is 16.5. The Hall–Kier alpha value is -0.340. The highest BCUT2D eigenvalue weighted by Gasteiger charge is 2.27. The van der Waals surface area contributed by atoms with E-state index in [1.807, 2.05) is 13.0 Å². The Bertz CT molecular complexity index is 164. The molecule has 0 amide bonds. The summed E-state index contributed by atoms with van der Waals surface area (Å²) in [7, 11) is 0. The second kappa shape index (κ2) is 6.20. The first kappa shape index (κ1) is 11.7. The van der Waals surface area contributed by atoms with E-state index in [0.717, 1.165) is 6.61 Å². The Morgan fingerprint density at radius 2 is 2.07 bits per heavy atom. The molecule has 0 aromatic carbocycles. The van der Waals surface area contributed by atoms with Gasteiger partial charge in [0.1, 0.15) is 0 Å². The van der Waals surface area contributed by atoms with Gasteiger partial charge in [-0.05, 0) is 25.7 Å². The standard InChI is InChI=1S/C12H23NO/c1-3-11(13)12(14-4-2)10-8-6-5-7-9-10/h3,10-12H,1,4-9,13H2,2H3. The lowest BCUT2D eigenvalue weighted by atomic mass is 9.82. The van der Waals surface area contributed by atoms with Crippen LogP contribution in [0.1, 0.15) is 39.0 Å². The molecule has 1 fully saturated rings. The molecule has 2 unspecified atom stereocenters. The van der Waals surface area contributed by atoms with E-state index in [1.165, 1.54) is 32.1 Å². The van der Waals surface area contributed by atoms with E-state index in [1.54, 1.807) is 0 Å². The molecule has 0 saturated heterocycles. The monoisotopic (exact) mass is 197 g/mol. The third kappa shape index (κ3) is 3.10. The molecule has 0 heterocycles. The van der Waals surface area contributed by atoms with Gasteiger partial charge in [0.15, 0.2) is 0 Å². The fourth-order valence-corrected chi connectivity index (χ4v) is 2.35. The lowest BCUT2D eigenvalue weighted by Gasteiger charge is -2.32. The van der Waals surface area contributed by atoms with Gasteiger partial charge in [-0.1, -0.05) is 25.3 Å². The molecule has 2 nitrogen and oxygen atoms in total. The Balaban J connectivity index is 2.50. The van der Waals surface area contributed by atoms with Crippen molar-refractivity contribution >= 4 is 0 Å². The first-order valence-corrected chi connectivity index (χ1v) is 5.79. The number of ether oxygens (including phenoxy) is 1. The molecule has 1 saturated carbocycles. The van der Waals surface area contributed by atoms with Crippen LogP contribution in [0.4, 0.5) is 0 Å². The van der Waals surface area contributed by atoms with Crippen molar-refractivity contribution in [3.8, 4) is 0 Å². The molecular weight excluding hydrogens is 174 g/mol. The van der Waals surface area contributed by atoms with E-state index in [9.17, 15) is 0 Å². The van der Waals surface area contributed by atoms with Gasteiger partial charge in [-0.25, -0.2) is 0 Å². The molecular formula is C12H23NO. The summed E-state index contributed by atoms with van der Waals surface area (Å²) in [5.41, 5.74) is 5.99. The maximum absolute atomic E-state index is 5.99. The molecule has 0 radical (unpaired) electrons. The molecule has 0 aromatic heterocycles. The first-order valence-electron chi connectivity index (χ1n) is 5.79. The van der Waals surface area contributed by atoms with Crippen LogP contribution in [0.3, 0.4) is 0 Å². The highest BCUT2D eigenvalue weighted by molar-refractivity contribution is 4.93. The molecule has 0 spiro atoms. The molecule has 0 aliphatic heterocycles. The van der Waals surface area contributed by atoms with E-state index < -0.39 is 0 Å². The summed E-state index contributed by atoms with van der Waals surface area (Å²) >= 11 is 0. The number of hydrogen-bond acceptors (Lipinski definition) is 2. The zero-order chi connectivity index (χ0) is 10.4. The Morgan fingerprint density at radius 1 is 1.43 bits per heavy atom. The van der Waals surface area contributed by atoms with Crippen LogP contribution in [0.25, 0.3) is 0 Å². The van der Waals surface area contributed by atoms with Gasteiger partial charge in [-0.15, -0.1) is 6.58 Å². The Kier molecular flexibility index (Phi) is 5.20. The second-order valence-corrected chi connectivity index (χ2v) is 4.13. The van der Waals surface area contributed by atoms with Crippen molar-refractivity contribution < 1.29 is 4.74 Å². The van der Waals surface area contributed by atoms with E-state index in [0.29, 0.717) is 5.92 Å². The van der Waals surface area contributed by atoms with Crippen LogP contribution < -0.4 is 5.73 Å². The van der Waals surface area contributed by atoms with Crippen LogP contribution in [-0.4, -0.2) is 18.8 Å². The summed E-state index contributed by atoms with van der Waals surface area (Å²) in [6, 6.07) is -0.00181. The van der Waals surface area contributed by atoms with Crippen LogP contribution in [0, 0.1) is 5.92 Å². The van der Waals surface area contributed by atoms with Crippen LogP contribution >= 0.6 is 0 Å². The van der Waals surface area contributed by atoms with Crippen molar-refractivity contribution in [2.75, 3.05) is 6.61 Å². The Morgan fingerprint density at radius 3 is 2.57 bits per heavy atom. The summed E-state index contributed by atoms with van der Waals surface area (Å²) in [6.07, 6.45) is 8.58. The predicted molar refractivity (Wildman–Crippen MR) is 60.2 cm³/mol. The SMILES string of the molecule is C=CC(N)C(OCC)C1CCCCC1. The molecule has 0 aromatic rings. The van der Waals surface area contributed by atoms with Gasteiger partial charge >= 0.3 is 0 Å². The summed E-state index contributed by atoms with van der Waals surface area (Å²) < 4.78 is 5.74. The van der Waals surface area contributed by atoms with Crippen molar-refractivity contribution in [3.05, 3.63) is 12.7 Å². The summed E-state index contributed by atoms with van der Waals surface area (Å²) in [5.74, 6) is 0.650. The number of nitrogens with two attached hydrogens (primary N) is 1. The molecule has 1 aliphatic rings. The third-order valence-corrected chi connectivity index (χ3v) is 3.13. The summed E-state index contributed by atoms with van der Waals surface area (Å²) in [6.45, 7) is 6.54. The van der Waals surface area contributed by atoms with Gasteiger partial charge in [-0.2, -0.15) is 0 Å². The van der Waals surface area contributed by atoms with Gasteiger partial charge in [0.05, 0.1) is 6.10 Å². The van der Waals surface area contributed by atoms with E-state index >= 15 is 0 Å². The molecule has 2 N–H and O–H groups in total. The average molecular weight is 197 g/mol. The maximum atomic E-state index is 5.99. The first-order chi connectivity index (χ1) is 6.79. The van der Waals surface area contributed by atoms with Gasteiger partial charge < -0.3 is 10.5 Å². The minimum atomic E-state index is -0.00181. The predicted octanol–water partition coefficient (Wildman–Crippen LogP) is 2.49. The zero-order valence-corrected chi connectivity index (χ0v) is 9.24. The molecule has 2 heteroatoms. The van der Waals surface area contributed by atoms with E-state index in [4.69, 9.17) is 10.5 Å². The lowest BCUT2D eigenvalue weighted by Crippen LogP contribution is -2.41. The van der Waals surface area contributed by atoms with Crippen molar-refractivity contribution in [1.82, 2.24) is 0 Å². The third-order valence-electron chi connectivity index (χ3n) is 3.13. The molecule has 2 atom stereocenters. The topological polar surface area (TPSA) is 35.2 Å². The molecule has 0 bridgehead atoms. The van der Waals surface area contributed by atoms with Crippen LogP contribution in [0.15, 0.2) is 12.7 Å². The highest BCUT2D eigenvalue weighted by Crippen LogP contribution is 2.29. The van der Waals surface area contributed by atoms with Crippen molar-refractivity contribution in [3.63, 3.8) is 0 Å². The normalized spacial score (nSPS) is 23.0. The van der Waals surface area contributed by atoms with Crippen molar-refractivity contribution in [2.24, 2.45) is 11.7 Å². The molecule has 1 rings (SSSR count). The fourth-order valence-electron chi connectivity index (χ4n) is 2.35. The maximum Gasteiger partial charge on any atom is 0.0789 e. The van der Waals surface area contributed by atoms with Gasteiger partial charge in [0.25, 0.3) is 0 Å². The fraction of sp³-hybridized carbons (Fsp3) is 0.833. The largest absolute Gasteiger partial charge is 0.376 e. The lowest BCUT2D eigenvalue weighted by molar-refractivity contribution is -0.000151. The average Bonchev–Trinajstić information content (AvgIpc) is 2.26. The van der Waals surface area contributed by atoms with Gasteiger partial charge in [-0.3, -0.25) is 0 Å². The number of hydrogen-bond donors (Lipinski definition) is 1. The van der Waals surface area contributed by atoms with Gasteiger partial charge in [0.2, 0.25) is 0 Å². The minimum absolute atomic E-state index is 0.00181. The van der Waals surface area contributed by atoms with Crippen molar-refractivity contribution in [2.45, 2.75) is 51.2 Å².